The summed E-state index contributed by atoms with van der Waals surface area (Å²) in [4.78, 5) is 28.2. The fourth-order valence-electron chi connectivity index (χ4n) is 4.41. The summed E-state index contributed by atoms with van der Waals surface area (Å²) in [5.74, 6) is -0.123. The Morgan fingerprint density at radius 3 is 2.69 bits per heavy atom. The van der Waals surface area contributed by atoms with Crippen molar-refractivity contribution in [2.75, 3.05) is 13.1 Å². The minimum absolute atomic E-state index is 0.00972. The molecule has 1 N–H and O–H groups in total. The standard InChI is InChI=1S/C26H30N4O2/c1-4-30-24(16-19(3)28-30)25(31)27-21-11-8-14-29(17-21)26(32)23-13-6-5-12-22(23)20-10-7-9-18(2)15-20/h5-7,9-10,12-13,15-16,21H,4,8,11,14,17H2,1-3H3,(H,27,31)/t21-/m1/s1. The van der Waals surface area contributed by atoms with Gasteiger partial charge in [-0.1, -0.05) is 48.0 Å². The van der Waals surface area contributed by atoms with E-state index in [0.717, 1.165) is 35.2 Å². The Morgan fingerprint density at radius 1 is 1.09 bits per heavy atom. The van der Waals surface area contributed by atoms with Crippen molar-refractivity contribution in [3.8, 4) is 11.1 Å². The number of aromatic nitrogens is 2. The van der Waals surface area contributed by atoms with Crippen LogP contribution in [0.1, 0.15) is 51.9 Å². The van der Waals surface area contributed by atoms with Crippen LogP contribution < -0.4 is 5.32 Å². The van der Waals surface area contributed by atoms with Crippen molar-refractivity contribution in [1.82, 2.24) is 20.0 Å². The Morgan fingerprint density at radius 2 is 1.91 bits per heavy atom. The number of piperidine rings is 1. The van der Waals surface area contributed by atoms with Gasteiger partial charge < -0.3 is 10.2 Å². The Hall–Kier alpha value is -3.41. The minimum Gasteiger partial charge on any atom is -0.346 e. The first-order valence-corrected chi connectivity index (χ1v) is 11.3. The summed E-state index contributed by atoms with van der Waals surface area (Å²) in [6, 6.07) is 17.7. The second-order valence-corrected chi connectivity index (χ2v) is 8.47. The van der Waals surface area contributed by atoms with Crippen LogP contribution in [0.4, 0.5) is 0 Å². The van der Waals surface area contributed by atoms with Gasteiger partial charge in [-0.25, -0.2) is 0 Å². The van der Waals surface area contributed by atoms with Gasteiger partial charge in [0, 0.05) is 31.2 Å². The average molecular weight is 431 g/mol. The summed E-state index contributed by atoms with van der Waals surface area (Å²) in [5, 5.41) is 7.48. The summed E-state index contributed by atoms with van der Waals surface area (Å²) in [6.07, 6.45) is 1.71. The lowest BCUT2D eigenvalue weighted by Crippen LogP contribution is -2.50. The molecule has 0 unspecified atom stereocenters. The van der Waals surface area contributed by atoms with E-state index in [-0.39, 0.29) is 17.9 Å². The number of amides is 2. The summed E-state index contributed by atoms with van der Waals surface area (Å²) < 4.78 is 1.72. The maximum atomic E-state index is 13.5. The third-order valence-electron chi connectivity index (χ3n) is 5.96. The lowest BCUT2D eigenvalue weighted by molar-refractivity contribution is 0.0675. The van der Waals surface area contributed by atoms with Crippen molar-refractivity contribution in [2.24, 2.45) is 0 Å². The molecule has 1 fully saturated rings. The second kappa shape index (κ2) is 9.39. The number of nitrogens with zero attached hydrogens (tertiary/aromatic N) is 3. The van der Waals surface area contributed by atoms with Crippen LogP contribution in [-0.2, 0) is 6.54 Å². The molecule has 1 aliphatic heterocycles. The topological polar surface area (TPSA) is 67.2 Å². The van der Waals surface area contributed by atoms with Crippen molar-refractivity contribution in [2.45, 2.75) is 46.2 Å². The number of benzene rings is 2. The fraction of sp³-hybridized carbons (Fsp3) is 0.346. The Balaban J connectivity index is 1.51. The van der Waals surface area contributed by atoms with Crippen molar-refractivity contribution in [3.63, 3.8) is 0 Å². The van der Waals surface area contributed by atoms with E-state index in [1.807, 2.05) is 61.2 Å². The lowest BCUT2D eigenvalue weighted by Gasteiger charge is -2.33. The molecule has 166 valence electrons. The monoisotopic (exact) mass is 430 g/mol. The molecule has 6 heteroatoms. The zero-order chi connectivity index (χ0) is 22.7. The van der Waals surface area contributed by atoms with Gasteiger partial charge in [-0.15, -0.1) is 0 Å². The molecule has 0 radical (unpaired) electrons. The molecule has 3 aromatic rings. The molecule has 1 aromatic heterocycles. The Bertz CT molecular complexity index is 1130. The number of likely N-dealkylation sites (tertiary alicyclic amines) is 1. The van der Waals surface area contributed by atoms with Gasteiger partial charge >= 0.3 is 0 Å². The number of hydrogen-bond acceptors (Lipinski definition) is 3. The maximum absolute atomic E-state index is 13.5. The van der Waals surface area contributed by atoms with E-state index < -0.39 is 0 Å². The molecule has 4 rings (SSSR count). The molecule has 1 aliphatic rings. The quantitative estimate of drug-likeness (QED) is 0.659. The smallest absolute Gasteiger partial charge is 0.269 e. The van der Waals surface area contributed by atoms with Gasteiger partial charge in [-0.2, -0.15) is 5.10 Å². The summed E-state index contributed by atoms with van der Waals surface area (Å²) in [7, 11) is 0. The molecule has 0 saturated carbocycles. The molecule has 32 heavy (non-hydrogen) atoms. The van der Waals surface area contributed by atoms with Crippen LogP contribution in [0.2, 0.25) is 0 Å². The SMILES string of the molecule is CCn1nc(C)cc1C(=O)N[C@@H]1CCCN(C(=O)c2ccccc2-c2cccc(C)c2)C1. The second-order valence-electron chi connectivity index (χ2n) is 8.47. The highest BCUT2D eigenvalue weighted by atomic mass is 16.2. The van der Waals surface area contributed by atoms with E-state index in [1.165, 1.54) is 0 Å². The predicted molar refractivity (Wildman–Crippen MR) is 126 cm³/mol. The number of aryl methyl sites for hydroxylation is 3. The van der Waals surface area contributed by atoms with Gasteiger partial charge in [0.15, 0.2) is 0 Å². The molecule has 0 bridgehead atoms. The van der Waals surface area contributed by atoms with Gasteiger partial charge in [0.05, 0.1) is 5.69 Å². The van der Waals surface area contributed by atoms with Crippen LogP contribution in [0.5, 0.6) is 0 Å². The Kier molecular flexibility index (Phi) is 6.40. The molecule has 2 aromatic carbocycles. The molecule has 0 spiro atoms. The summed E-state index contributed by atoms with van der Waals surface area (Å²) in [5.41, 5.74) is 5.23. The van der Waals surface area contributed by atoms with Crippen molar-refractivity contribution in [1.29, 1.82) is 0 Å². The molecular weight excluding hydrogens is 400 g/mol. The number of carbonyl (C=O) groups excluding carboxylic acids is 2. The van der Waals surface area contributed by atoms with E-state index >= 15 is 0 Å². The summed E-state index contributed by atoms with van der Waals surface area (Å²) in [6.45, 7) is 7.75. The average Bonchev–Trinajstić information content (AvgIpc) is 3.20. The van der Waals surface area contributed by atoms with Crippen LogP contribution in [0.3, 0.4) is 0 Å². The van der Waals surface area contributed by atoms with Gasteiger partial charge in [-0.3, -0.25) is 14.3 Å². The predicted octanol–water partition coefficient (Wildman–Crippen LogP) is 4.22. The fourth-order valence-corrected chi connectivity index (χ4v) is 4.41. The Labute approximate surface area is 189 Å². The first-order valence-electron chi connectivity index (χ1n) is 11.3. The van der Waals surface area contributed by atoms with Gasteiger partial charge in [0.2, 0.25) is 0 Å². The third-order valence-corrected chi connectivity index (χ3v) is 5.96. The van der Waals surface area contributed by atoms with Crippen LogP contribution in [0.25, 0.3) is 11.1 Å². The molecule has 0 aliphatic carbocycles. The van der Waals surface area contributed by atoms with Crippen molar-refractivity contribution < 1.29 is 9.59 Å². The molecule has 1 atom stereocenters. The molecule has 1 saturated heterocycles. The molecule has 6 nitrogen and oxygen atoms in total. The number of hydrogen-bond donors (Lipinski definition) is 1. The van der Waals surface area contributed by atoms with Gasteiger partial charge in [0.25, 0.3) is 11.8 Å². The normalized spacial score (nSPS) is 16.1. The summed E-state index contributed by atoms with van der Waals surface area (Å²) >= 11 is 0. The number of nitrogens with one attached hydrogen (secondary N) is 1. The molecule has 2 amide bonds. The number of carbonyl (C=O) groups is 2. The van der Waals surface area contributed by atoms with Crippen molar-refractivity contribution >= 4 is 11.8 Å². The maximum Gasteiger partial charge on any atom is 0.269 e. The van der Waals surface area contributed by atoms with Crippen LogP contribution in [0.15, 0.2) is 54.6 Å². The highest BCUT2D eigenvalue weighted by Crippen LogP contribution is 2.26. The minimum atomic E-state index is -0.132. The van der Waals surface area contributed by atoms with E-state index in [0.29, 0.717) is 30.9 Å². The van der Waals surface area contributed by atoms with E-state index in [4.69, 9.17) is 0 Å². The van der Waals surface area contributed by atoms with E-state index in [9.17, 15) is 9.59 Å². The molecular formula is C26H30N4O2. The lowest BCUT2D eigenvalue weighted by atomic mass is 9.96. The van der Waals surface area contributed by atoms with Gasteiger partial charge in [-0.05, 0) is 56.9 Å². The van der Waals surface area contributed by atoms with E-state index in [2.05, 4.69) is 29.5 Å². The van der Waals surface area contributed by atoms with Gasteiger partial charge in [0.1, 0.15) is 5.69 Å². The van der Waals surface area contributed by atoms with Crippen LogP contribution in [-0.4, -0.2) is 45.6 Å². The van der Waals surface area contributed by atoms with Crippen LogP contribution in [0, 0.1) is 13.8 Å². The van der Waals surface area contributed by atoms with E-state index in [1.54, 1.807) is 4.68 Å². The third kappa shape index (κ3) is 4.59. The van der Waals surface area contributed by atoms with Crippen LogP contribution >= 0.6 is 0 Å². The number of rotatable bonds is 5. The zero-order valence-electron chi connectivity index (χ0n) is 19.0. The first-order chi connectivity index (χ1) is 15.5. The zero-order valence-corrected chi connectivity index (χ0v) is 19.0. The highest BCUT2D eigenvalue weighted by molar-refractivity contribution is 6.01. The van der Waals surface area contributed by atoms with Crippen molar-refractivity contribution in [3.05, 3.63) is 77.1 Å². The molecule has 2 heterocycles. The first kappa shape index (κ1) is 21.8. The highest BCUT2D eigenvalue weighted by Gasteiger charge is 2.28. The largest absolute Gasteiger partial charge is 0.346 e.